The van der Waals surface area contributed by atoms with Crippen LogP contribution in [0.25, 0.3) is 5.69 Å². The monoisotopic (exact) mass is 284 g/mol. The summed E-state index contributed by atoms with van der Waals surface area (Å²) in [5.41, 5.74) is 2.35. The maximum Gasteiger partial charge on any atom is 0.0645 e. The van der Waals surface area contributed by atoms with E-state index in [-0.39, 0.29) is 0 Å². The van der Waals surface area contributed by atoms with Gasteiger partial charge in [0.15, 0.2) is 0 Å². The largest absolute Gasteiger partial charge is 0.312 e. The van der Waals surface area contributed by atoms with Crippen molar-refractivity contribution in [2.24, 2.45) is 5.92 Å². The van der Waals surface area contributed by atoms with Crippen LogP contribution in [-0.4, -0.2) is 41.4 Å². The number of hydrogen-bond donors (Lipinski definition) is 1. The predicted octanol–water partition coefficient (Wildman–Crippen LogP) is 2.30. The summed E-state index contributed by atoms with van der Waals surface area (Å²) < 4.78 is 1.94. The molecule has 1 aromatic carbocycles. The van der Waals surface area contributed by atoms with Crippen molar-refractivity contribution >= 4 is 0 Å². The van der Waals surface area contributed by atoms with E-state index in [0.29, 0.717) is 0 Å². The van der Waals surface area contributed by atoms with Gasteiger partial charge in [0, 0.05) is 18.3 Å². The first kappa shape index (κ1) is 14.3. The van der Waals surface area contributed by atoms with Crippen LogP contribution in [0.5, 0.6) is 0 Å². The summed E-state index contributed by atoms with van der Waals surface area (Å²) in [6.07, 6.45) is 6.69. The Balaban J connectivity index is 1.47. The van der Waals surface area contributed by atoms with E-state index in [2.05, 4.69) is 40.7 Å². The van der Waals surface area contributed by atoms with Crippen LogP contribution in [-0.2, 0) is 6.54 Å². The van der Waals surface area contributed by atoms with Gasteiger partial charge in [-0.25, -0.2) is 4.68 Å². The number of nitrogens with one attached hydrogen (secondary N) is 1. The number of benzene rings is 1. The first-order valence-corrected chi connectivity index (χ1v) is 7.79. The zero-order valence-electron chi connectivity index (χ0n) is 12.7. The van der Waals surface area contributed by atoms with Crippen LogP contribution in [0.2, 0.25) is 0 Å². The van der Waals surface area contributed by atoms with Crippen molar-refractivity contribution < 1.29 is 0 Å². The zero-order valence-corrected chi connectivity index (χ0v) is 12.7. The highest BCUT2D eigenvalue weighted by atomic mass is 15.3. The van der Waals surface area contributed by atoms with E-state index in [1.54, 1.807) is 0 Å². The fourth-order valence-corrected chi connectivity index (χ4v) is 2.86. The topological polar surface area (TPSA) is 33.1 Å². The number of aromatic nitrogens is 2. The van der Waals surface area contributed by atoms with Crippen LogP contribution in [0.3, 0.4) is 0 Å². The van der Waals surface area contributed by atoms with Crippen molar-refractivity contribution in [1.82, 2.24) is 20.0 Å². The first-order chi connectivity index (χ1) is 10.3. The van der Waals surface area contributed by atoms with Crippen LogP contribution in [0.4, 0.5) is 0 Å². The second-order valence-electron chi connectivity index (χ2n) is 6.01. The molecule has 4 heteroatoms. The van der Waals surface area contributed by atoms with Crippen LogP contribution in [0, 0.1) is 5.92 Å². The average Bonchev–Trinajstić information content (AvgIpc) is 2.99. The second-order valence-corrected chi connectivity index (χ2v) is 6.01. The molecule has 0 saturated carbocycles. The number of piperidine rings is 1. The predicted molar refractivity (Wildman–Crippen MR) is 85.5 cm³/mol. The lowest BCUT2D eigenvalue weighted by molar-refractivity contribution is 0.216. The molecule has 0 spiro atoms. The van der Waals surface area contributed by atoms with E-state index in [0.717, 1.165) is 24.7 Å². The molecule has 0 bridgehead atoms. The number of hydrogen-bond acceptors (Lipinski definition) is 3. The molecule has 0 radical (unpaired) electrons. The lowest BCUT2D eigenvalue weighted by Gasteiger charge is -2.28. The van der Waals surface area contributed by atoms with E-state index in [1.807, 2.05) is 29.1 Å². The number of nitrogens with zero attached hydrogens (tertiary/aromatic N) is 3. The van der Waals surface area contributed by atoms with E-state index < -0.39 is 0 Å². The quantitative estimate of drug-likeness (QED) is 0.914. The minimum atomic E-state index is 0.824. The average molecular weight is 284 g/mol. The van der Waals surface area contributed by atoms with Crippen molar-refractivity contribution in [3.05, 3.63) is 48.3 Å². The number of para-hydroxylation sites is 1. The molecule has 2 aromatic rings. The van der Waals surface area contributed by atoms with Crippen molar-refractivity contribution in [3.63, 3.8) is 0 Å². The van der Waals surface area contributed by atoms with Gasteiger partial charge in [0.25, 0.3) is 0 Å². The third-order valence-electron chi connectivity index (χ3n) is 4.26. The summed E-state index contributed by atoms with van der Waals surface area (Å²) in [5.74, 6) is 0.824. The molecule has 1 aliphatic rings. The van der Waals surface area contributed by atoms with Gasteiger partial charge in [-0.05, 0) is 57.6 Å². The summed E-state index contributed by atoms with van der Waals surface area (Å²) in [7, 11) is 2.21. The van der Waals surface area contributed by atoms with Gasteiger partial charge < -0.3 is 10.2 Å². The van der Waals surface area contributed by atoms with E-state index in [1.165, 1.54) is 31.5 Å². The third-order valence-corrected chi connectivity index (χ3v) is 4.26. The fourth-order valence-electron chi connectivity index (χ4n) is 2.86. The molecule has 21 heavy (non-hydrogen) atoms. The number of likely N-dealkylation sites (tertiary alicyclic amines) is 1. The molecule has 1 saturated heterocycles. The van der Waals surface area contributed by atoms with Crippen molar-refractivity contribution in [3.8, 4) is 5.69 Å². The molecule has 2 heterocycles. The van der Waals surface area contributed by atoms with Gasteiger partial charge in [-0.2, -0.15) is 5.10 Å². The fraction of sp³-hybridized carbons (Fsp3) is 0.471. The second kappa shape index (κ2) is 6.87. The highest BCUT2D eigenvalue weighted by molar-refractivity contribution is 5.30. The third kappa shape index (κ3) is 3.93. The van der Waals surface area contributed by atoms with E-state index in [4.69, 9.17) is 0 Å². The van der Waals surface area contributed by atoms with Crippen molar-refractivity contribution in [2.45, 2.75) is 19.4 Å². The maximum absolute atomic E-state index is 4.43. The van der Waals surface area contributed by atoms with Crippen molar-refractivity contribution in [1.29, 1.82) is 0 Å². The van der Waals surface area contributed by atoms with Gasteiger partial charge in [0.2, 0.25) is 0 Å². The molecule has 3 rings (SSSR count). The van der Waals surface area contributed by atoms with E-state index >= 15 is 0 Å². The lowest BCUT2D eigenvalue weighted by Crippen LogP contribution is -2.34. The molecule has 0 atom stereocenters. The van der Waals surface area contributed by atoms with Crippen LogP contribution < -0.4 is 5.32 Å². The van der Waals surface area contributed by atoms with Crippen molar-refractivity contribution in [2.75, 3.05) is 26.7 Å². The maximum atomic E-state index is 4.43. The molecular weight excluding hydrogens is 260 g/mol. The Morgan fingerprint density at radius 2 is 1.95 bits per heavy atom. The Morgan fingerprint density at radius 1 is 1.19 bits per heavy atom. The Hall–Kier alpha value is -1.65. The van der Waals surface area contributed by atoms with Gasteiger partial charge in [0.05, 0.1) is 11.9 Å². The van der Waals surface area contributed by atoms with E-state index in [9.17, 15) is 0 Å². The van der Waals surface area contributed by atoms with Gasteiger partial charge in [-0.15, -0.1) is 0 Å². The molecule has 112 valence electrons. The molecular formula is C17H24N4. The molecule has 4 nitrogen and oxygen atoms in total. The highest BCUT2D eigenvalue weighted by Gasteiger charge is 2.15. The first-order valence-electron chi connectivity index (χ1n) is 7.79. The minimum Gasteiger partial charge on any atom is -0.312 e. The number of rotatable bonds is 5. The van der Waals surface area contributed by atoms with Gasteiger partial charge in [-0.1, -0.05) is 18.2 Å². The zero-order chi connectivity index (χ0) is 14.5. The van der Waals surface area contributed by atoms with Gasteiger partial charge in [-0.3, -0.25) is 0 Å². The molecule has 0 unspecified atom stereocenters. The normalized spacial score (nSPS) is 17.2. The SMILES string of the molecule is CN1CCC(CNCc2cnn(-c3ccccc3)c2)CC1. The van der Waals surface area contributed by atoms with Gasteiger partial charge in [0.1, 0.15) is 0 Å². The molecule has 1 aromatic heterocycles. The van der Waals surface area contributed by atoms with Crippen LogP contribution in [0.15, 0.2) is 42.7 Å². The molecule has 1 aliphatic heterocycles. The Bertz CT molecular complexity index is 541. The summed E-state index contributed by atoms with van der Waals surface area (Å²) in [4.78, 5) is 2.42. The smallest absolute Gasteiger partial charge is 0.0645 e. The Kier molecular flexibility index (Phi) is 4.68. The van der Waals surface area contributed by atoms with Crippen LogP contribution in [0.1, 0.15) is 18.4 Å². The summed E-state index contributed by atoms with van der Waals surface area (Å²) >= 11 is 0. The standard InChI is InChI=1S/C17H24N4/c1-20-9-7-15(8-10-20)11-18-12-16-13-19-21(14-16)17-5-3-2-4-6-17/h2-6,13-15,18H,7-12H2,1H3. The van der Waals surface area contributed by atoms with Gasteiger partial charge >= 0.3 is 0 Å². The Morgan fingerprint density at radius 3 is 2.71 bits per heavy atom. The molecule has 0 aliphatic carbocycles. The highest BCUT2D eigenvalue weighted by Crippen LogP contribution is 2.15. The molecule has 0 amide bonds. The van der Waals surface area contributed by atoms with Crippen LogP contribution >= 0.6 is 0 Å². The summed E-state index contributed by atoms with van der Waals surface area (Å²) in [6.45, 7) is 4.49. The summed E-state index contributed by atoms with van der Waals surface area (Å²) in [5, 5.41) is 8.01. The molecule has 1 fully saturated rings. The minimum absolute atomic E-state index is 0.824. The lowest BCUT2D eigenvalue weighted by atomic mass is 9.97. The Labute approximate surface area is 126 Å². The molecule has 1 N–H and O–H groups in total. The summed E-state index contributed by atoms with van der Waals surface area (Å²) in [6, 6.07) is 10.2.